The van der Waals surface area contributed by atoms with Crippen molar-refractivity contribution in [1.82, 2.24) is 4.90 Å². The van der Waals surface area contributed by atoms with Crippen molar-refractivity contribution >= 4 is 12.0 Å². The number of hydrogen-bond acceptors (Lipinski definition) is 1. The average molecular weight is 321 g/mol. The minimum atomic E-state index is 0.101. The molecule has 126 valence electrons. The van der Waals surface area contributed by atoms with Crippen LogP contribution in [0.4, 0.5) is 0 Å². The zero-order chi connectivity index (χ0) is 17.5. The molecule has 2 aromatic carbocycles. The summed E-state index contributed by atoms with van der Waals surface area (Å²) >= 11 is 0. The number of nitrogens with zero attached hydrogens (tertiary/aromatic N) is 1. The second-order valence-corrected chi connectivity index (χ2v) is 6.85. The Labute approximate surface area is 145 Å². The Morgan fingerprint density at radius 1 is 1.04 bits per heavy atom. The molecule has 1 amide bonds. The smallest absolute Gasteiger partial charge is 0.254 e. The SMILES string of the molecule is C/C(=C\c1ccccc1)CN(CC(C)C)C(=O)c1ccc(C)cc1. The van der Waals surface area contributed by atoms with Gasteiger partial charge in [0.25, 0.3) is 5.91 Å². The summed E-state index contributed by atoms with van der Waals surface area (Å²) in [6.07, 6.45) is 2.15. The fourth-order valence-corrected chi connectivity index (χ4v) is 2.72. The van der Waals surface area contributed by atoms with Crippen molar-refractivity contribution in [1.29, 1.82) is 0 Å². The normalized spacial score (nSPS) is 11.6. The maximum Gasteiger partial charge on any atom is 0.254 e. The molecule has 0 spiro atoms. The molecule has 0 unspecified atom stereocenters. The lowest BCUT2D eigenvalue weighted by Gasteiger charge is -2.25. The van der Waals surface area contributed by atoms with E-state index < -0.39 is 0 Å². The molecular formula is C22H27NO. The molecular weight excluding hydrogens is 294 g/mol. The summed E-state index contributed by atoms with van der Waals surface area (Å²) in [4.78, 5) is 14.8. The Morgan fingerprint density at radius 2 is 1.67 bits per heavy atom. The van der Waals surface area contributed by atoms with Gasteiger partial charge in [0.05, 0.1) is 0 Å². The van der Waals surface area contributed by atoms with Crippen molar-refractivity contribution in [2.45, 2.75) is 27.7 Å². The lowest BCUT2D eigenvalue weighted by Crippen LogP contribution is -2.35. The predicted molar refractivity (Wildman–Crippen MR) is 102 cm³/mol. The minimum absolute atomic E-state index is 0.101. The van der Waals surface area contributed by atoms with Crippen LogP contribution < -0.4 is 0 Å². The quantitative estimate of drug-likeness (QED) is 0.716. The van der Waals surface area contributed by atoms with Crippen LogP contribution in [0.15, 0.2) is 60.2 Å². The van der Waals surface area contributed by atoms with Gasteiger partial charge in [0.15, 0.2) is 0 Å². The molecule has 0 aliphatic rings. The van der Waals surface area contributed by atoms with Gasteiger partial charge in [-0.15, -0.1) is 0 Å². The first kappa shape index (κ1) is 18.0. The Morgan fingerprint density at radius 3 is 2.25 bits per heavy atom. The highest BCUT2D eigenvalue weighted by Gasteiger charge is 2.17. The van der Waals surface area contributed by atoms with E-state index in [1.54, 1.807) is 0 Å². The molecule has 2 rings (SSSR count). The first-order chi connectivity index (χ1) is 11.5. The maximum absolute atomic E-state index is 12.9. The van der Waals surface area contributed by atoms with Crippen LogP contribution in [0.1, 0.15) is 42.3 Å². The van der Waals surface area contributed by atoms with Crippen molar-refractivity contribution in [2.24, 2.45) is 5.92 Å². The van der Waals surface area contributed by atoms with E-state index >= 15 is 0 Å². The van der Waals surface area contributed by atoms with Crippen LogP contribution >= 0.6 is 0 Å². The highest BCUT2D eigenvalue weighted by molar-refractivity contribution is 5.94. The molecule has 0 atom stereocenters. The van der Waals surface area contributed by atoms with E-state index in [4.69, 9.17) is 0 Å². The van der Waals surface area contributed by atoms with E-state index in [-0.39, 0.29) is 5.91 Å². The first-order valence-electron chi connectivity index (χ1n) is 8.54. The van der Waals surface area contributed by atoms with Crippen molar-refractivity contribution in [3.63, 3.8) is 0 Å². The average Bonchev–Trinajstić information content (AvgIpc) is 2.55. The molecule has 0 radical (unpaired) electrons. The zero-order valence-electron chi connectivity index (χ0n) is 15.1. The standard InChI is InChI=1S/C22H27NO/c1-17(2)15-23(22(24)21-12-10-18(3)11-13-21)16-19(4)14-20-8-6-5-7-9-20/h5-14,17H,15-16H2,1-4H3/b19-14+. The molecule has 0 bridgehead atoms. The molecule has 2 aromatic rings. The topological polar surface area (TPSA) is 20.3 Å². The second kappa shape index (κ2) is 8.49. The molecule has 2 nitrogen and oxygen atoms in total. The van der Waals surface area contributed by atoms with Crippen molar-refractivity contribution in [2.75, 3.05) is 13.1 Å². The molecule has 0 N–H and O–H groups in total. The number of amides is 1. The molecule has 0 heterocycles. The van der Waals surface area contributed by atoms with Gasteiger partial charge in [-0.2, -0.15) is 0 Å². The van der Waals surface area contributed by atoms with Gasteiger partial charge in [-0.3, -0.25) is 4.79 Å². The Hall–Kier alpha value is -2.35. The van der Waals surface area contributed by atoms with Crippen LogP contribution in [0, 0.1) is 12.8 Å². The largest absolute Gasteiger partial charge is 0.334 e. The minimum Gasteiger partial charge on any atom is -0.334 e. The van der Waals surface area contributed by atoms with Crippen LogP contribution in [-0.4, -0.2) is 23.9 Å². The van der Waals surface area contributed by atoms with Gasteiger partial charge in [-0.05, 0) is 37.5 Å². The molecule has 0 saturated carbocycles. The molecule has 0 aliphatic heterocycles. The Bertz CT molecular complexity index is 684. The van der Waals surface area contributed by atoms with Crippen molar-refractivity contribution in [3.05, 3.63) is 76.9 Å². The third-order valence-corrected chi connectivity index (χ3v) is 3.82. The van der Waals surface area contributed by atoms with Crippen LogP contribution in [0.5, 0.6) is 0 Å². The third-order valence-electron chi connectivity index (χ3n) is 3.82. The second-order valence-electron chi connectivity index (χ2n) is 6.85. The van der Waals surface area contributed by atoms with E-state index in [0.717, 1.165) is 12.1 Å². The van der Waals surface area contributed by atoms with Gasteiger partial charge >= 0.3 is 0 Å². The van der Waals surface area contributed by atoms with Gasteiger partial charge in [-0.25, -0.2) is 0 Å². The van der Waals surface area contributed by atoms with Crippen molar-refractivity contribution < 1.29 is 4.79 Å². The zero-order valence-corrected chi connectivity index (χ0v) is 15.1. The molecule has 2 heteroatoms. The highest BCUT2D eigenvalue weighted by Crippen LogP contribution is 2.13. The fraction of sp³-hybridized carbons (Fsp3) is 0.318. The number of carbonyl (C=O) groups excluding carboxylic acids is 1. The van der Waals surface area contributed by atoms with E-state index in [9.17, 15) is 4.79 Å². The number of rotatable bonds is 6. The molecule has 0 aromatic heterocycles. The van der Waals surface area contributed by atoms with Crippen LogP contribution in [0.2, 0.25) is 0 Å². The molecule has 24 heavy (non-hydrogen) atoms. The summed E-state index contributed by atoms with van der Waals surface area (Å²) in [7, 11) is 0. The summed E-state index contributed by atoms with van der Waals surface area (Å²) in [6.45, 7) is 9.82. The molecule has 0 saturated heterocycles. The van der Waals surface area contributed by atoms with Crippen LogP contribution in [0.3, 0.4) is 0 Å². The number of aryl methyl sites for hydroxylation is 1. The number of hydrogen-bond donors (Lipinski definition) is 0. The Balaban J connectivity index is 2.17. The first-order valence-corrected chi connectivity index (χ1v) is 8.54. The van der Waals surface area contributed by atoms with E-state index in [2.05, 4.69) is 39.0 Å². The summed E-state index contributed by atoms with van der Waals surface area (Å²) in [5.41, 5.74) is 4.28. The van der Waals surface area contributed by atoms with Gasteiger partial charge < -0.3 is 4.90 Å². The summed E-state index contributed by atoms with van der Waals surface area (Å²) < 4.78 is 0. The highest BCUT2D eigenvalue weighted by atomic mass is 16.2. The molecule has 0 aliphatic carbocycles. The summed E-state index contributed by atoms with van der Waals surface area (Å²) in [6, 6.07) is 18.1. The lowest BCUT2D eigenvalue weighted by atomic mass is 10.1. The maximum atomic E-state index is 12.9. The van der Waals surface area contributed by atoms with E-state index in [1.165, 1.54) is 16.7 Å². The fourth-order valence-electron chi connectivity index (χ4n) is 2.72. The summed E-state index contributed by atoms with van der Waals surface area (Å²) in [5.74, 6) is 0.536. The molecule has 0 fully saturated rings. The van der Waals surface area contributed by atoms with Gasteiger partial charge in [0.1, 0.15) is 0 Å². The third kappa shape index (κ3) is 5.38. The summed E-state index contributed by atoms with van der Waals surface area (Å²) in [5, 5.41) is 0. The predicted octanol–water partition coefficient (Wildman–Crippen LogP) is 5.20. The Kier molecular flexibility index (Phi) is 6.36. The van der Waals surface area contributed by atoms with E-state index in [1.807, 2.05) is 54.3 Å². The van der Waals surface area contributed by atoms with Crippen molar-refractivity contribution in [3.8, 4) is 0 Å². The van der Waals surface area contributed by atoms with Gasteiger partial charge in [0.2, 0.25) is 0 Å². The van der Waals surface area contributed by atoms with Gasteiger partial charge in [0, 0.05) is 18.7 Å². The van der Waals surface area contributed by atoms with E-state index in [0.29, 0.717) is 12.5 Å². The monoisotopic (exact) mass is 321 g/mol. The number of benzene rings is 2. The number of carbonyl (C=O) groups is 1. The van der Waals surface area contributed by atoms with Crippen LogP contribution in [-0.2, 0) is 0 Å². The van der Waals surface area contributed by atoms with Crippen LogP contribution in [0.25, 0.3) is 6.08 Å². The lowest BCUT2D eigenvalue weighted by molar-refractivity contribution is 0.0752. The van der Waals surface area contributed by atoms with Gasteiger partial charge in [-0.1, -0.05) is 73.5 Å².